The van der Waals surface area contributed by atoms with Crippen LogP contribution in [-0.4, -0.2) is 5.12 Å². The van der Waals surface area contributed by atoms with Crippen LogP contribution in [0, 0.1) is 0 Å². The summed E-state index contributed by atoms with van der Waals surface area (Å²) in [6.45, 7) is 2.00. The second-order valence-electron chi connectivity index (χ2n) is 6.01. The van der Waals surface area contributed by atoms with E-state index in [1.165, 1.54) is 0 Å². The van der Waals surface area contributed by atoms with Gasteiger partial charge in [0, 0.05) is 0 Å². The molecule has 0 amide bonds. The quantitative estimate of drug-likeness (QED) is 0.371. The van der Waals surface area contributed by atoms with Gasteiger partial charge in [-0.2, -0.15) is 0 Å². The van der Waals surface area contributed by atoms with Crippen molar-refractivity contribution < 1.29 is 4.79 Å². The maximum absolute atomic E-state index is 11.8. The van der Waals surface area contributed by atoms with Gasteiger partial charge in [-0.1, -0.05) is 91.0 Å². The predicted molar refractivity (Wildman–Crippen MR) is 107 cm³/mol. The average Bonchev–Trinajstić information content (AvgIpc) is 2.64. The highest BCUT2D eigenvalue weighted by atomic mass is 32.1. The van der Waals surface area contributed by atoms with Crippen LogP contribution in [0.4, 0.5) is 0 Å². The van der Waals surface area contributed by atoms with Crippen LogP contribution >= 0.6 is 12.6 Å². The fourth-order valence-corrected chi connectivity index (χ4v) is 3.73. The van der Waals surface area contributed by atoms with Gasteiger partial charge in [0.1, 0.15) is 0 Å². The molecule has 0 saturated carbocycles. The van der Waals surface area contributed by atoms with E-state index >= 15 is 0 Å². The highest BCUT2D eigenvalue weighted by molar-refractivity contribution is 7.97. The van der Waals surface area contributed by atoms with E-state index in [0.29, 0.717) is 0 Å². The smallest absolute Gasteiger partial charge is 0.209 e. The van der Waals surface area contributed by atoms with Crippen LogP contribution in [0.1, 0.15) is 23.6 Å². The van der Waals surface area contributed by atoms with Crippen molar-refractivity contribution in [3.63, 3.8) is 0 Å². The Hall–Kier alpha value is -2.58. The Morgan fingerprint density at radius 3 is 1.32 bits per heavy atom. The summed E-state index contributed by atoms with van der Waals surface area (Å²) in [7, 11) is 0. The number of rotatable bonds is 5. The summed E-state index contributed by atoms with van der Waals surface area (Å²) in [4.78, 5) is 11.8. The van der Waals surface area contributed by atoms with Crippen LogP contribution in [0.5, 0.6) is 0 Å². The van der Waals surface area contributed by atoms with Crippen molar-refractivity contribution in [3.05, 3.63) is 119 Å². The van der Waals surface area contributed by atoms with Gasteiger partial charge in [-0.15, -0.1) is 12.6 Å². The van der Waals surface area contributed by atoms with Crippen molar-refractivity contribution in [2.75, 3.05) is 0 Å². The van der Waals surface area contributed by atoms with E-state index in [2.05, 4.69) is 49.0 Å². The molecule has 0 aliphatic carbocycles. The van der Waals surface area contributed by atoms with Gasteiger partial charge < -0.3 is 0 Å². The van der Waals surface area contributed by atoms with E-state index in [9.17, 15) is 4.79 Å². The summed E-state index contributed by atoms with van der Waals surface area (Å²) in [5.74, 6) is 0. The normalized spacial score (nSPS) is 12.0. The monoisotopic (exact) mass is 344 g/mol. The first-order chi connectivity index (χ1) is 12.2. The minimum Gasteiger partial charge on any atom is -0.283 e. The largest absolute Gasteiger partial charge is 0.283 e. The van der Waals surface area contributed by atoms with Crippen molar-refractivity contribution in [2.45, 2.75) is 12.3 Å². The second kappa shape index (κ2) is 7.54. The first kappa shape index (κ1) is 17.2. The molecule has 25 heavy (non-hydrogen) atoms. The van der Waals surface area contributed by atoms with Gasteiger partial charge in [0.2, 0.25) is 5.12 Å². The molecule has 3 aromatic rings. The maximum atomic E-state index is 11.8. The maximum Gasteiger partial charge on any atom is 0.209 e. The summed E-state index contributed by atoms with van der Waals surface area (Å²) in [6.07, 6.45) is 1.62. The molecule has 0 saturated heterocycles. The second-order valence-corrected chi connectivity index (χ2v) is 6.45. The van der Waals surface area contributed by atoms with Crippen LogP contribution in [0.3, 0.4) is 0 Å². The molecule has 0 atom stereocenters. The van der Waals surface area contributed by atoms with Gasteiger partial charge in [-0.3, -0.25) is 4.79 Å². The number of allylic oxidation sites excluding steroid dienone is 1. The van der Waals surface area contributed by atoms with Crippen molar-refractivity contribution in [3.8, 4) is 0 Å². The number of hydrogen-bond donors (Lipinski definition) is 1. The molecule has 1 nitrogen and oxygen atoms in total. The first-order valence-corrected chi connectivity index (χ1v) is 8.68. The number of carbonyl (C=O) groups excluding carboxylic acids is 1. The molecule has 0 aromatic heterocycles. The summed E-state index contributed by atoms with van der Waals surface area (Å²) < 4.78 is 0. The zero-order chi connectivity index (χ0) is 17.7. The van der Waals surface area contributed by atoms with Gasteiger partial charge in [0.25, 0.3) is 0 Å². The topological polar surface area (TPSA) is 17.1 Å². The molecule has 3 rings (SSSR count). The Labute approximate surface area is 154 Å². The Morgan fingerprint density at radius 1 is 0.720 bits per heavy atom. The van der Waals surface area contributed by atoms with E-state index in [1.807, 2.05) is 61.5 Å². The van der Waals surface area contributed by atoms with Crippen LogP contribution in [0.25, 0.3) is 0 Å². The van der Waals surface area contributed by atoms with Crippen molar-refractivity contribution in [1.29, 1.82) is 0 Å². The summed E-state index contributed by atoms with van der Waals surface area (Å²) in [6, 6.07) is 30.9. The van der Waals surface area contributed by atoms with Crippen LogP contribution in [-0.2, 0) is 10.2 Å². The molecule has 0 spiro atoms. The van der Waals surface area contributed by atoms with Crippen LogP contribution < -0.4 is 0 Å². The molecule has 0 heterocycles. The lowest BCUT2D eigenvalue weighted by Gasteiger charge is -2.37. The highest BCUT2D eigenvalue weighted by Gasteiger charge is 2.38. The molecule has 3 aromatic carbocycles. The SMILES string of the molecule is CC(=CC(=O)S)C(c1ccccc1)(c1ccccc1)c1ccccc1. The molecule has 124 valence electrons. The minimum atomic E-state index is -0.540. The lowest BCUT2D eigenvalue weighted by Crippen LogP contribution is -2.31. The van der Waals surface area contributed by atoms with Gasteiger partial charge in [0.05, 0.1) is 5.41 Å². The van der Waals surface area contributed by atoms with Crippen molar-refractivity contribution in [1.82, 2.24) is 0 Å². The van der Waals surface area contributed by atoms with E-state index < -0.39 is 5.41 Å². The average molecular weight is 344 g/mol. The zero-order valence-electron chi connectivity index (χ0n) is 14.1. The molecule has 0 unspecified atom stereocenters. The van der Waals surface area contributed by atoms with E-state index in [4.69, 9.17) is 0 Å². The molecular formula is C23H20OS. The number of carbonyl (C=O) groups is 1. The Bertz CT molecular complexity index is 771. The molecule has 0 fully saturated rings. The minimum absolute atomic E-state index is 0.246. The summed E-state index contributed by atoms with van der Waals surface area (Å²) in [5, 5.41) is -0.246. The highest BCUT2D eigenvalue weighted by Crippen LogP contribution is 2.44. The summed E-state index contributed by atoms with van der Waals surface area (Å²) >= 11 is 3.99. The van der Waals surface area contributed by atoms with Crippen molar-refractivity contribution >= 4 is 17.7 Å². The Balaban J connectivity index is 2.42. The fraction of sp³-hybridized carbons (Fsp3) is 0.0870. The molecule has 0 bridgehead atoms. The van der Waals surface area contributed by atoms with Gasteiger partial charge in [0.15, 0.2) is 0 Å². The lowest BCUT2D eigenvalue weighted by molar-refractivity contribution is -0.106. The van der Waals surface area contributed by atoms with Crippen LogP contribution in [0.15, 0.2) is 103 Å². The van der Waals surface area contributed by atoms with Gasteiger partial charge in [-0.25, -0.2) is 0 Å². The molecule has 0 N–H and O–H groups in total. The summed E-state index contributed by atoms with van der Waals surface area (Å²) in [5.41, 5.74) is 3.76. The van der Waals surface area contributed by atoms with E-state index in [1.54, 1.807) is 6.08 Å². The standard InChI is InChI=1S/C23H20OS/c1-18(17-22(24)25)23(19-11-5-2-6-12-19,20-13-7-3-8-14-20)21-15-9-4-10-16-21/h2-17H,1H3,(H,24,25). The third-order valence-corrected chi connectivity index (χ3v) is 4.68. The molecular weight excluding hydrogens is 324 g/mol. The third-order valence-electron chi connectivity index (χ3n) is 4.55. The van der Waals surface area contributed by atoms with Crippen molar-refractivity contribution in [2.24, 2.45) is 0 Å². The van der Waals surface area contributed by atoms with Gasteiger partial charge >= 0.3 is 0 Å². The number of hydrogen-bond acceptors (Lipinski definition) is 1. The fourth-order valence-electron chi connectivity index (χ4n) is 3.54. The van der Waals surface area contributed by atoms with E-state index in [-0.39, 0.29) is 5.12 Å². The van der Waals surface area contributed by atoms with E-state index in [0.717, 1.165) is 22.3 Å². The van der Waals surface area contributed by atoms with Gasteiger partial charge in [-0.05, 0) is 35.3 Å². The third kappa shape index (κ3) is 3.31. The predicted octanol–water partition coefficient (Wildman–Crippen LogP) is 5.42. The molecule has 0 aliphatic rings. The first-order valence-electron chi connectivity index (χ1n) is 8.24. The Morgan fingerprint density at radius 2 is 1.04 bits per heavy atom. The molecule has 0 radical (unpaired) electrons. The zero-order valence-corrected chi connectivity index (χ0v) is 15.0. The molecule has 2 heteroatoms. The Kier molecular flexibility index (Phi) is 5.20. The molecule has 0 aliphatic heterocycles. The lowest BCUT2D eigenvalue weighted by atomic mass is 9.65. The van der Waals surface area contributed by atoms with Crippen LogP contribution in [0.2, 0.25) is 0 Å². The number of thiol groups is 1. The number of benzene rings is 3.